The summed E-state index contributed by atoms with van der Waals surface area (Å²) >= 11 is 0. The number of amides is 2. The first-order valence-corrected chi connectivity index (χ1v) is 15.6. The molecule has 1 unspecified atom stereocenters. The largest absolute Gasteiger partial charge is 0.337 e. The van der Waals surface area contributed by atoms with Gasteiger partial charge in [0.25, 0.3) is 5.91 Å². The Bertz CT molecular complexity index is 1430. The number of benzene rings is 1. The minimum atomic E-state index is -2.45. The normalized spacial score (nSPS) is 20.6. The molecule has 1 atom stereocenters. The molecule has 3 aromatic rings. The van der Waals surface area contributed by atoms with E-state index >= 15 is 0 Å². The molecular formula is C29H38N6O4S. The van der Waals surface area contributed by atoms with Crippen molar-refractivity contribution in [2.24, 2.45) is 0 Å². The highest BCUT2D eigenvalue weighted by molar-refractivity contribution is 8.24. The highest BCUT2D eigenvalue weighted by Crippen LogP contribution is 2.40. The lowest BCUT2D eigenvalue weighted by atomic mass is 10.1. The van der Waals surface area contributed by atoms with Gasteiger partial charge >= 0.3 is 0 Å². The van der Waals surface area contributed by atoms with Gasteiger partial charge in [-0.15, -0.1) is 0 Å². The van der Waals surface area contributed by atoms with E-state index in [1.54, 1.807) is 18.3 Å². The monoisotopic (exact) mass is 566 g/mol. The molecule has 0 radical (unpaired) electrons. The number of likely N-dealkylation sites (tertiary alicyclic amines) is 1. The van der Waals surface area contributed by atoms with E-state index in [1.165, 1.54) is 6.08 Å². The van der Waals surface area contributed by atoms with Crippen molar-refractivity contribution in [3.63, 3.8) is 0 Å². The molecule has 0 aliphatic carbocycles. The van der Waals surface area contributed by atoms with Gasteiger partial charge in [0.2, 0.25) is 11.9 Å². The smallest absolute Gasteiger partial charge is 0.258 e. The Morgan fingerprint density at radius 2 is 1.93 bits per heavy atom. The van der Waals surface area contributed by atoms with E-state index in [4.69, 9.17) is 4.98 Å². The third kappa shape index (κ3) is 6.22. The number of hydrogen-bond donors (Lipinski definition) is 3. The predicted molar refractivity (Wildman–Crippen MR) is 159 cm³/mol. The highest BCUT2D eigenvalue weighted by Gasteiger charge is 2.28. The lowest BCUT2D eigenvalue weighted by Crippen LogP contribution is -2.37. The molecule has 2 saturated heterocycles. The van der Waals surface area contributed by atoms with Crippen LogP contribution in [0.1, 0.15) is 52.5 Å². The Morgan fingerprint density at radius 3 is 2.65 bits per heavy atom. The van der Waals surface area contributed by atoms with Crippen LogP contribution in [0.5, 0.6) is 0 Å². The average Bonchev–Trinajstić information content (AvgIpc) is 3.10. The molecule has 2 aliphatic heterocycles. The number of aromatic nitrogens is 3. The van der Waals surface area contributed by atoms with E-state index in [0.29, 0.717) is 55.7 Å². The molecule has 4 heterocycles. The maximum Gasteiger partial charge on any atom is 0.258 e. The second-order valence-electron chi connectivity index (χ2n) is 10.9. The van der Waals surface area contributed by atoms with Crippen LogP contribution in [-0.4, -0.2) is 82.9 Å². The van der Waals surface area contributed by atoms with Crippen LogP contribution in [-0.2, 0) is 11.3 Å². The van der Waals surface area contributed by atoms with Gasteiger partial charge in [-0.05, 0) is 68.5 Å². The number of hydrogen-bond acceptors (Lipinski definition) is 7. The lowest BCUT2D eigenvalue weighted by molar-refractivity contribution is -0.126. The second-order valence-corrected chi connectivity index (χ2v) is 13.3. The fourth-order valence-corrected chi connectivity index (χ4v) is 7.05. The second kappa shape index (κ2) is 11.7. The number of fused-ring (bicyclic) bond motifs is 1. The molecule has 3 N–H and O–H groups in total. The topological polar surface area (TPSA) is 124 Å². The third-order valence-corrected chi connectivity index (χ3v) is 9.47. The van der Waals surface area contributed by atoms with Gasteiger partial charge in [-0.1, -0.05) is 12.6 Å². The minimum Gasteiger partial charge on any atom is -0.337 e. The average molecular weight is 567 g/mol. The fraction of sp³-hybridized carbons (Fsp3) is 0.448. The van der Waals surface area contributed by atoms with Gasteiger partial charge in [0.1, 0.15) is 0 Å². The Kier molecular flexibility index (Phi) is 8.27. The SMILES string of the molecule is C=CC(=O)N1CCCCC(n2c(NC(=O)c3ccnc(C)c3)nc3cc(CN4CCS(O)(O)CC4)cc(C)c32)C1. The van der Waals surface area contributed by atoms with Crippen molar-refractivity contribution in [1.29, 1.82) is 0 Å². The summed E-state index contributed by atoms with van der Waals surface area (Å²) in [6.07, 6.45) is 5.69. The Morgan fingerprint density at radius 1 is 1.15 bits per heavy atom. The van der Waals surface area contributed by atoms with Crippen molar-refractivity contribution in [2.45, 2.75) is 45.7 Å². The zero-order valence-corrected chi connectivity index (χ0v) is 24.0. The van der Waals surface area contributed by atoms with Crippen molar-refractivity contribution in [2.75, 3.05) is 43.0 Å². The first kappa shape index (κ1) is 28.3. The summed E-state index contributed by atoms with van der Waals surface area (Å²) in [4.78, 5) is 39.1. The van der Waals surface area contributed by atoms with Crippen LogP contribution in [0.3, 0.4) is 0 Å². The molecule has 5 rings (SSSR count). The minimum absolute atomic E-state index is 0.0669. The molecule has 0 spiro atoms. The summed E-state index contributed by atoms with van der Waals surface area (Å²) in [7, 11) is -2.45. The summed E-state index contributed by atoms with van der Waals surface area (Å²) in [6, 6.07) is 7.57. The molecule has 0 saturated carbocycles. The molecule has 2 amide bonds. The van der Waals surface area contributed by atoms with Crippen molar-refractivity contribution in [1.82, 2.24) is 24.3 Å². The number of carbonyl (C=O) groups is 2. The van der Waals surface area contributed by atoms with E-state index < -0.39 is 10.6 Å². The van der Waals surface area contributed by atoms with Gasteiger partial charge in [-0.3, -0.25) is 33.9 Å². The van der Waals surface area contributed by atoms with Gasteiger partial charge < -0.3 is 9.47 Å². The standard InChI is InChI=1S/C29H38N6O4S/c1-4-26(36)34-10-6-5-7-24(19-34)35-27-20(2)15-22(18-33-11-13-40(38,39)14-12-33)17-25(27)31-29(35)32-28(37)23-8-9-30-21(3)16-23/h4,8-9,15-17,24,38-39H,1,5-7,10-14,18-19H2,2-3H3,(H,31,32,37). The van der Waals surface area contributed by atoms with E-state index in [2.05, 4.69) is 45.4 Å². The first-order chi connectivity index (χ1) is 19.1. The lowest BCUT2D eigenvalue weighted by Gasteiger charge is -2.41. The summed E-state index contributed by atoms with van der Waals surface area (Å²) < 4.78 is 22.1. The molecular weight excluding hydrogens is 528 g/mol. The van der Waals surface area contributed by atoms with E-state index in [-0.39, 0.29) is 17.9 Å². The zero-order valence-electron chi connectivity index (χ0n) is 23.2. The maximum atomic E-state index is 13.3. The fourth-order valence-electron chi connectivity index (χ4n) is 5.74. The Hall–Kier alpha value is -3.25. The number of nitrogens with one attached hydrogen (secondary N) is 1. The molecule has 10 nitrogen and oxygen atoms in total. The molecule has 40 heavy (non-hydrogen) atoms. The van der Waals surface area contributed by atoms with Crippen LogP contribution >= 0.6 is 10.6 Å². The third-order valence-electron chi connectivity index (χ3n) is 7.79. The van der Waals surface area contributed by atoms with Crippen molar-refractivity contribution < 1.29 is 18.7 Å². The molecule has 2 fully saturated rings. The van der Waals surface area contributed by atoms with E-state index in [1.807, 2.05) is 11.8 Å². The number of carbonyl (C=O) groups excluding carboxylic acids is 2. The van der Waals surface area contributed by atoms with Crippen LogP contribution in [0.15, 0.2) is 43.1 Å². The Labute approximate surface area is 236 Å². The van der Waals surface area contributed by atoms with Crippen LogP contribution in [0.4, 0.5) is 5.95 Å². The van der Waals surface area contributed by atoms with Gasteiger partial charge in [0.05, 0.1) is 28.6 Å². The van der Waals surface area contributed by atoms with Gasteiger partial charge in [0.15, 0.2) is 0 Å². The molecule has 2 aliphatic rings. The summed E-state index contributed by atoms with van der Waals surface area (Å²) in [5, 5.41) is 3.05. The summed E-state index contributed by atoms with van der Waals surface area (Å²) in [5.41, 5.74) is 5.10. The number of imidazole rings is 1. The quantitative estimate of drug-likeness (QED) is 0.373. The van der Waals surface area contributed by atoms with Crippen molar-refractivity contribution in [3.8, 4) is 0 Å². The summed E-state index contributed by atoms with van der Waals surface area (Å²) in [5.74, 6) is 0.898. The van der Waals surface area contributed by atoms with Crippen LogP contribution in [0, 0.1) is 13.8 Å². The number of nitrogens with zero attached hydrogens (tertiary/aromatic N) is 5. The van der Waals surface area contributed by atoms with Crippen molar-refractivity contribution >= 4 is 39.4 Å². The molecule has 214 valence electrons. The van der Waals surface area contributed by atoms with Crippen LogP contribution < -0.4 is 5.32 Å². The Balaban J connectivity index is 1.52. The van der Waals surface area contributed by atoms with E-state index in [9.17, 15) is 18.7 Å². The van der Waals surface area contributed by atoms with Crippen LogP contribution in [0.2, 0.25) is 0 Å². The van der Waals surface area contributed by atoms with Gasteiger partial charge in [-0.2, -0.15) is 10.6 Å². The summed E-state index contributed by atoms with van der Waals surface area (Å²) in [6.45, 7) is 10.7. The van der Waals surface area contributed by atoms with Crippen molar-refractivity contribution in [3.05, 3.63) is 65.5 Å². The van der Waals surface area contributed by atoms with Crippen LogP contribution in [0.25, 0.3) is 11.0 Å². The van der Waals surface area contributed by atoms with Gasteiger partial charge in [0, 0.05) is 50.2 Å². The molecule has 2 aromatic heterocycles. The number of anilines is 1. The molecule has 11 heteroatoms. The number of rotatable bonds is 6. The highest BCUT2D eigenvalue weighted by atomic mass is 32.3. The number of aryl methyl sites for hydroxylation is 2. The molecule has 0 bridgehead atoms. The number of pyridine rings is 1. The zero-order chi connectivity index (χ0) is 28.4. The predicted octanol–water partition coefficient (Wildman–Crippen LogP) is 4.61. The maximum absolute atomic E-state index is 13.3. The van der Waals surface area contributed by atoms with E-state index in [0.717, 1.165) is 47.1 Å². The molecule has 1 aromatic carbocycles. The van der Waals surface area contributed by atoms with Gasteiger partial charge in [-0.25, -0.2) is 4.98 Å². The first-order valence-electron chi connectivity index (χ1n) is 13.8.